The minimum Gasteiger partial charge on any atom is -0.482 e. The molecule has 0 aliphatic carbocycles. The van der Waals surface area contributed by atoms with E-state index in [4.69, 9.17) is 9.47 Å². The summed E-state index contributed by atoms with van der Waals surface area (Å²) in [7, 11) is 0. The normalized spacial score (nSPS) is 10.5. The van der Waals surface area contributed by atoms with E-state index in [-0.39, 0.29) is 24.8 Å². The summed E-state index contributed by atoms with van der Waals surface area (Å²) in [6.45, 7) is 3.01. The highest BCUT2D eigenvalue weighted by Crippen LogP contribution is 2.21. The number of hydrogen-bond acceptors (Lipinski definition) is 4. The number of carbonyl (C=O) groups excluding carboxylic acids is 2. The molecule has 0 saturated carbocycles. The van der Waals surface area contributed by atoms with Crippen LogP contribution in [0.25, 0.3) is 5.69 Å². The third-order valence-corrected chi connectivity index (χ3v) is 4.28. The number of nitrogens with zero attached hydrogens (tertiary/aromatic N) is 1. The molecule has 0 aliphatic rings. The van der Waals surface area contributed by atoms with Gasteiger partial charge in [0.25, 0.3) is 0 Å². The number of rotatable bonds is 7. The van der Waals surface area contributed by atoms with E-state index in [2.05, 4.69) is 0 Å². The van der Waals surface area contributed by atoms with Gasteiger partial charge in [-0.2, -0.15) is 0 Å². The van der Waals surface area contributed by atoms with E-state index in [1.807, 2.05) is 17.6 Å². The molecule has 0 amide bonds. The molecule has 0 bridgehead atoms. The maximum atomic E-state index is 13.2. The summed E-state index contributed by atoms with van der Waals surface area (Å²) < 4.78 is 25.3. The average Bonchev–Trinajstić information content (AvgIpc) is 3.00. The second-order valence-electron chi connectivity index (χ2n) is 6.28. The largest absolute Gasteiger partial charge is 0.482 e. The molecule has 0 fully saturated rings. The lowest BCUT2D eigenvalue weighted by Crippen LogP contribution is -2.19. The zero-order valence-electron chi connectivity index (χ0n) is 15.6. The summed E-state index contributed by atoms with van der Waals surface area (Å²) in [6, 6.07) is 16.6. The lowest BCUT2D eigenvalue weighted by atomic mass is 10.1. The summed E-state index contributed by atoms with van der Waals surface area (Å²) in [4.78, 5) is 24.3. The molecule has 3 rings (SSSR count). The molecule has 5 nitrogen and oxygen atoms in total. The van der Waals surface area contributed by atoms with Gasteiger partial charge in [-0.3, -0.25) is 4.79 Å². The smallest absolute Gasteiger partial charge is 0.344 e. The summed E-state index contributed by atoms with van der Waals surface area (Å²) in [5.41, 5.74) is 2.74. The Bertz CT molecular complexity index is 978. The van der Waals surface area contributed by atoms with E-state index in [1.165, 1.54) is 12.1 Å². The Labute approximate surface area is 162 Å². The van der Waals surface area contributed by atoms with Gasteiger partial charge >= 0.3 is 5.97 Å². The highest BCUT2D eigenvalue weighted by Gasteiger charge is 2.18. The second-order valence-corrected chi connectivity index (χ2v) is 6.28. The summed E-state index contributed by atoms with van der Waals surface area (Å²) in [5, 5.41) is 0. The fraction of sp³-hybridized carbons (Fsp3) is 0.182. The van der Waals surface area contributed by atoms with E-state index in [0.29, 0.717) is 17.0 Å². The maximum absolute atomic E-state index is 13.2. The van der Waals surface area contributed by atoms with E-state index >= 15 is 0 Å². The van der Waals surface area contributed by atoms with E-state index < -0.39 is 5.97 Å². The number of carbonyl (C=O) groups is 2. The monoisotopic (exact) mass is 381 g/mol. The Morgan fingerprint density at radius 3 is 2.32 bits per heavy atom. The zero-order chi connectivity index (χ0) is 20.1. The fourth-order valence-electron chi connectivity index (χ4n) is 2.96. The Balaban J connectivity index is 1.62. The lowest BCUT2D eigenvalue weighted by Gasteiger charge is -2.10. The topological polar surface area (TPSA) is 57.5 Å². The van der Waals surface area contributed by atoms with Gasteiger partial charge in [0.05, 0.1) is 0 Å². The van der Waals surface area contributed by atoms with Crippen LogP contribution in [-0.2, 0) is 9.53 Å². The van der Waals surface area contributed by atoms with Crippen LogP contribution in [-0.4, -0.2) is 29.5 Å². The van der Waals surface area contributed by atoms with Gasteiger partial charge in [-0.15, -0.1) is 0 Å². The number of para-hydroxylation sites is 1. The number of aromatic nitrogens is 1. The number of hydrogen-bond donors (Lipinski definition) is 0. The predicted octanol–water partition coefficient (Wildman–Crippen LogP) is 4.04. The molecule has 1 heterocycles. The summed E-state index contributed by atoms with van der Waals surface area (Å²) >= 11 is 0. The molecule has 28 heavy (non-hydrogen) atoms. The van der Waals surface area contributed by atoms with Crippen molar-refractivity contribution in [3.8, 4) is 11.4 Å². The van der Waals surface area contributed by atoms with Gasteiger partial charge in [0.1, 0.15) is 11.6 Å². The molecule has 6 heteroatoms. The first-order valence-corrected chi connectivity index (χ1v) is 8.77. The van der Waals surface area contributed by atoms with Crippen LogP contribution < -0.4 is 4.74 Å². The first kappa shape index (κ1) is 19.4. The Hall–Kier alpha value is -3.41. The van der Waals surface area contributed by atoms with Crippen molar-refractivity contribution in [1.29, 1.82) is 0 Å². The highest BCUT2D eigenvalue weighted by molar-refractivity contribution is 5.99. The van der Waals surface area contributed by atoms with Crippen LogP contribution in [0, 0.1) is 19.7 Å². The number of benzene rings is 2. The van der Waals surface area contributed by atoms with Crippen LogP contribution in [0.4, 0.5) is 4.39 Å². The molecule has 144 valence electrons. The first-order chi connectivity index (χ1) is 13.5. The SMILES string of the molecule is Cc1cc(C(=O)COC(=O)COc2ccccc2)c(C)n1-c1ccc(F)cc1. The molecule has 3 aromatic rings. The number of esters is 1. The van der Waals surface area contributed by atoms with Crippen molar-refractivity contribution < 1.29 is 23.5 Å². The summed E-state index contributed by atoms with van der Waals surface area (Å²) in [5.74, 6) is -0.708. The van der Waals surface area contributed by atoms with Gasteiger partial charge in [0, 0.05) is 22.6 Å². The Morgan fingerprint density at radius 1 is 0.964 bits per heavy atom. The number of ether oxygens (including phenoxy) is 2. The highest BCUT2D eigenvalue weighted by atomic mass is 19.1. The van der Waals surface area contributed by atoms with Gasteiger partial charge in [-0.1, -0.05) is 18.2 Å². The molecule has 0 aliphatic heterocycles. The second kappa shape index (κ2) is 8.52. The minimum atomic E-state index is -0.621. The lowest BCUT2D eigenvalue weighted by molar-refractivity contribution is -0.144. The van der Waals surface area contributed by atoms with Crippen molar-refractivity contribution >= 4 is 11.8 Å². The van der Waals surface area contributed by atoms with Crippen LogP contribution >= 0.6 is 0 Å². The third kappa shape index (κ3) is 4.46. The van der Waals surface area contributed by atoms with Crippen molar-refractivity contribution in [1.82, 2.24) is 4.57 Å². The summed E-state index contributed by atoms with van der Waals surface area (Å²) in [6.07, 6.45) is 0. The van der Waals surface area contributed by atoms with Crippen molar-refractivity contribution in [2.75, 3.05) is 13.2 Å². The zero-order valence-corrected chi connectivity index (χ0v) is 15.6. The van der Waals surface area contributed by atoms with Gasteiger partial charge in [0.2, 0.25) is 5.78 Å². The van der Waals surface area contributed by atoms with Crippen molar-refractivity contribution in [2.45, 2.75) is 13.8 Å². The van der Waals surface area contributed by atoms with E-state index in [9.17, 15) is 14.0 Å². The standard InChI is InChI=1S/C22H20FNO4/c1-15-12-20(16(2)24(15)18-10-8-17(23)9-11-18)21(25)13-28-22(26)14-27-19-6-4-3-5-7-19/h3-12H,13-14H2,1-2H3. The quantitative estimate of drug-likeness (QED) is 0.458. The third-order valence-electron chi connectivity index (χ3n) is 4.28. The number of aryl methyl sites for hydroxylation is 1. The fourth-order valence-corrected chi connectivity index (χ4v) is 2.96. The molecule has 0 spiro atoms. The molecule has 0 unspecified atom stereocenters. The van der Waals surface area contributed by atoms with Gasteiger partial charge in [-0.05, 0) is 56.3 Å². The Kier molecular flexibility index (Phi) is 5.89. The molecular formula is C22H20FNO4. The van der Waals surface area contributed by atoms with Crippen LogP contribution in [0.15, 0.2) is 60.7 Å². The number of Topliss-reactive ketones (excluding diaryl/α,β-unsaturated/α-hetero) is 1. The van der Waals surface area contributed by atoms with Crippen molar-refractivity contribution in [2.24, 2.45) is 0 Å². The van der Waals surface area contributed by atoms with E-state index in [0.717, 1.165) is 11.4 Å². The maximum Gasteiger partial charge on any atom is 0.344 e. The molecule has 2 aromatic carbocycles. The van der Waals surface area contributed by atoms with Gasteiger partial charge in [0.15, 0.2) is 13.2 Å². The first-order valence-electron chi connectivity index (χ1n) is 8.77. The number of ketones is 1. The Morgan fingerprint density at radius 2 is 1.64 bits per heavy atom. The molecule has 0 radical (unpaired) electrons. The van der Waals surface area contributed by atoms with Crippen LogP contribution in [0.5, 0.6) is 5.75 Å². The van der Waals surface area contributed by atoms with Gasteiger partial charge in [-0.25, -0.2) is 9.18 Å². The average molecular weight is 381 g/mol. The van der Waals surface area contributed by atoms with E-state index in [1.54, 1.807) is 49.4 Å². The molecule has 0 saturated heterocycles. The van der Waals surface area contributed by atoms with Crippen molar-refractivity contribution in [3.63, 3.8) is 0 Å². The molecule has 0 N–H and O–H groups in total. The van der Waals surface area contributed by atoms with Crippen molar-refractivity contribution in [3.05, 3.63) is 83.4 Å². The molecule has 1 aromatic heterocycles. The number of halogens is 1. The van der Waals surface area contributed by atoms with Crippen LogP contribution in [0.1, 0.15) is 21.7 Å². The van der Waals surface area contributed by atoms with Crippen LogP contribution in [0.2, 0.25) is 0 Å². The minimum absolute atomic E-state index is 0.272. The van der Waals surface area contributed by atoms with Crippen LogP contribution in [0.3, 0.4) is 0 Å². The molecule has 0 atom stereocenters. The molecular weight excluding hydrogens is 361 g/mol. The predicted molar refractivity (Wildman–Crippen MR) is 102 cm³/mol. The van der Waals surface area contributed by atoms with Gasteiger partial charge < -0.3 is 14.0 Å².